The van der Waals surface area contributed by atoms with Gasteiger partial charge in [0.05, 0.1) is 11.6 Å². The fourth-order valence-electron chi connectivity index (χ4n) is 1.79. The van der Waals surface area contributed by atoms with Gasteiger partial charge >= 0.3 is 5.97 Å². The van der Waals surface area contributed by atoms with Crippen LogP contribution in [-0.4, -0.2) is 26.9 Å². The first-order chi connectivity index (χ1) is 8.49. The van der Waals surface area contributed by atoms with Gasteiger partial charge in [0, 0.05) is 25.8 Å². The van der Waals surface area contributed by atoms with Crippen LogP contribution >= 0.6 is 0 Å². The molecule has 18 heavy (non-hydrogen) atoms. The summed E-state index contributed by atoms with van der Waals surface area (Å²) in [4.78, 5) is 10.7. The van der Waals surface area contributed by atoms with Gasteiger partial charge in [0.1, 0.15) is 0 Å². The Bertz CT molecular complexity index is 376. The Morgan fingerprint density at radius 1 is 1.50 bits per heavy atom. The topological polar surface area (TPSA) is 67.2 Å². The second-order valence-electron chi connectivity index (χ2n) is 4.93. The number of carboxylic acids is 1. The number of aromatic nitrogens is 2. The fourth-order valence-corrected chi connectivity index (χ4v) is 1.79. The van der Waals surface area contributed by atoms with Crippen molar-refractivity contribution in [3.8, 4) is 0 Å². The Morgan fingerprint density at radius 3 is 2.78 bits per heavy atom. The molecule has 1 aromatic rings. The number of carboxylic acid groups (broad SMARTS) is 1. The largest absolute Gasteiger partial charge is 0.481 e. The molecule has 102 valence electrons. The number of nitrogens with zero attached hydrogens (tertiary/aromatic N) is 2. The van der Waals surface area contributed by atoms with Crippen LogP contribution in [0, 0.1) is 5.92 Å². The first-order valence-corrected chi connectivity index (χ1v) is 6.43. The molecule has 1 rings (SSSR count). The molecule has 0 bridgehead atoms. The molecular formula is C13H23N3O2. The summed E-state index contributed by atoms with van der Waals surface area (Å²) in [6.45, 7) is 4.64. The van der Waals surface area contributed by atoms with E-state index in [1.54, 1.807) is 11.6 Å². The lowest BCUT2D eigenvalue weighted by Crippen LogP contribution is -2.26. The molecule has 5 nitrogen and oxygen atoms in total. The van der Waals surface area contributed by atoms with E-state index < -0.39 is 5.97 Å². The number of aryl methyl sites for hydroxylation is 1. The van der Waals surface area contributed by atoms with Crippen LogP contribution in [0.5, 0.6) is 0 Å². The first kappa shape index (κ1) is 14.7. The van der Waals surface area contributed by atoms with Gasteiger partial charge in [-0.25, -0.2) is 0 Å². The Balaban J connectivity index is 2.14. The SMILES string of the molecule is CC(CCCC(C)C(=O)O)NCc1ccn(C)n1. The number of rotatable bonds is 8. The average Bonchev–Trinajstić information content (AvgIpc) is 2.72. The molecule has 5 heteroatoms. The molecule has 2 unspecified atom stereocenters. The van der Waals surface area contributed by atoms with E-state index in [4.69, 9.17) is 5.11 Å². The quantitative estimate of drug-likeness (QED) is 0.741. The Kier molecular flexibility index (Phi) is 5.85. The van der Waals surface area contributed by atoms with E-state index in [0.29, 0.717) is 6.04 Å². The normalized spacial score (nSPS) is 14.4. The second-order valence-corrected chi connectivity index (χ2v) is 4.93. The van der Waals surface area contributed by atoms with Crippen molar-refractivity contribution in [2.45, 2.75) is 45.7 Å². The van der Waals surface area contributed by atoms with E-state index in [2.05, 4.69) is 17.3 Å². The van der Waals surface area contributed by atoms with Crippen molar-refractivity contribution in [2.24, 2.45) is 13.0 Å². The van der Waals surface area contributed by atoms with Gasteiger partial charge in [-0.2, -0.15) is 5.10 Å². The predicted molar refractivity (Wildman–Crippen MR) is 70.2 cm³/mol. The summed E-state index contributed by atoms with van der Waals surface area (Å²) in [5.74, 6) is -0.947. The van der Waals surface area contributed by atoms with Gasteiger partial charge in [-0.3, -0.25) is 9.48 Å². The van der Waals surface area contributed by atoms with E-state index in [9.17, 15) is 4.79 Å². The number of hydrogen-bond acceptors (Lipinski definition) is 3. The lowest BCUT2D eigenvalue weighted by molar-refractivity contribution is -0.141. The van der Waals surface area contributed by atoms with Gasteiger partial charge in [0.15, 0.2) is 0 Å². The van der Waals surface area contributed by atoms with Gasteiger partial charge in [0.25, 0.3) is 0 Å². The van der Waals surface area contributed by atoms with Crippen LogP contribution in [0.1, 0.15) is 38.8 Å². The monoisotopic (exact) mass is 253 g/mol. The highest BCUT2D eigenvalue weighted by molar-refractivity contribution is 5.69. The number of carbonyl (C=O) groups is 1. The van der Waals surface area contributed by atoms with Crippen LogP contribution in [0.25, 0.3) is 0 Å². The molecule has 0 aliphatic heterocycles. The number of aliphatic carboxylic acids is 1. The molecule has 2 atom stereocenters. The smallest absolute Gasteiger partial charge is 0.306 e. The summed E-state index contributed by atoms with van der Waals surface area (Å²) in [6.07, 6.45) is 4.59. The van der Waals surface area contributed by atoms with Crippen molar-refractivity contribution in [3.05, 3.63) is 18.0 Å². The van der Waals surface area contributed by atoms with Crippen molar-refractivity contribution >= 4 is 5.97 Å². The maximum atomic E-state index is 10.7. The minimum Gasteiger partial charge on any atom is -0.481 e. The summed E-state index contributed by atoms with van der Waals surface area (Å²) < 4.78 is 1.79. The summed E-state index contributed by atoms with van der Waals surface area (Å²) >= 11 is 0. The van der Waals surface area contributed by atoms with E-state index in [1.165, 1.54) is 0 Å². The second kappa shape index (κ2) is 7.16. The van der Waals surface area contributed by atoms with Crippen LogP contribution in [0.4, 0.5) is 0 Å². The molecule has 1 heterocycles. The molecule has 0 aromatic carbocycles. The lowest BCUT2D eigenvalue weighted by atomic mass is 10.0. The van der Waals surface area contributed by atoms with Crippen LogP contribution in [0.15, 0.2) is 12.3 Å². The zero-order valence-corrected chi connectivity index (χ0v) is 11.4. The molecule has 0 saturated carbocycles. The minimum absolute atomic E-state index is 0.243. The van der Waals surface area contributed by atoms with Crippen LogP contribution in [0.2, 0.25) is 0 Å². The van der Waals surface area contributed by atoms with Crippen molar-refractivity contribution in [2.75, 3.05) is 0 Å². The van der Waals surface area contributed by atoms with Crippen molar-refractivity contribution in [1.29, 1.82) is 0 Å². The molecule has 0 saturated heterocycles. The van der Waals surface area contributed by atoms with Gasteiger partial charge in [-0.15, -0.1) is 0 Å². The lowest BCUT2D eigenvalue weighted by Gasteiger charge is -2.13. The standard InChI is InChI=1S/C13H23N3O2/c1-10(13(17)18)5-4-6-11(2)14-9-12-7-8-16(3)15-12/h7-8,10-11,14H,4-6,9H2,1-3H3,(H,17,18). The highest BCUT2D eigenvalue weighted by Crippen LogP contribution is 2.09. The Hall–Kier alpha value is -1.36. The summed E-state index contributed by atoms with van der Waals surface area (Å²) in [6, 6.07) is 2.37. The molecule has 1 aromatic heterocycles. The molecule has 0 radical (unpaired) electrons. The van der Waals surface area contributed by atoms with Crippen LogP contribution in [-0.2, 0) is 18.4 Å². The van der Waals surface area contributed by atoms with Crippen molar-refractivity contribution < 1.29 is 9.90 Å². The van der Waals surface area contributed by atoms with E-state index in [0.717, 1.165) is 31.5 Å². The maximum absolute atomic E-state index is 10.7. The van der Waals surface area contributed by atoms with Crippen LogP contribution < -0.4 is 5.32 Å². The highest BCUT2D eigenvalue weighted by atomic mass is 16.4. The van der Waals surface area contributed by atoms with Gasteiger partial charge in [-0.05, 0) is 25.8 Å². The summed E-state index contributed by atoms with van der Waals surface area (Å²) in [5.41, 5.74) is 1.03. The maximum Gasteiger partial charge on any atom is 0.306 e. The molecule has 2 N–H and O–H groups in total. The zero-order valence-electron chi connectivity index (χ0n) is 11.4. The van der Waals surface area contributed by atoms with E-state index in [-0.39, 0.29) is 5.92 Å². The fraction of sp³-hybridized carbons (Fsp3) is 0.692. The third-order valence-corrected chi connectivity index (χ3v) is 3.10. The molecule has 0 aliphatic rings. The zero-order chi connectivity index (χ0) is 13.5. The molecule has 0 amide bonds. The minimum atomic E-state index is -0.705. The van der Waals surface area contributed by atoms with E-state index in [1.807, 2.05) is 19.3 Å². The van der Waals surface area contributed by atoms with E-state index >= 15 is 0 Å². The molecule has 0 aliphatic carbocycles. The van der Waals surface area contributed by atoms with Crippen molar-refractivity contribution in [3.63, 3.8) is 0 Å². The number of hydrogen-bond donors (Lipinski definition) is 2. The average molecular weight is 253 g/mol. The molecule has 0 fully saturated rings. The van der Waals surface area contributed by atoms with Gasteiger partial charge in [-0.1, -0.05) is 13.3 Å². The van der Waals surface area contributed by atoms with Crippen molar-refractivity contribution in [1.82, 2.24) is 15.1 Å². The Labute approximate surface area is 108 Å². The van der Waals surface area contributed by atoms with Gasteiger partial charge in [0.2, 0.25) is 0 Å². The third kappa shape index (κ3) is 5.31. The summed E-state index contributed by atoms with van der Waals surface area (Å²) in [5, 5.41) is 16.5. The summed E-state index contributed by atoms with van der Waals surface area (Å²) in [7, 11) is 1.90. The third-order valence-electron chi connectivity index (χ3n) is 3.10. The first-order valence-electron chi connectivity index (χ1n) is 6.43. The Morgan fingerprint density at radius 2 is 2.22 bits per heavy atom. The highest BCUT2D eigenvalue weighted by Gasteiger charge is 2.11. The predicted octanol–water partition coefficient (Wildman–Crippen LogP) is 1.79. The van der Waals surface area contributed by atoms with Gasteiger partial charge < -0.3 is 10.4 Å². The molecule has 0 spiro atoms. The van der Waals surface area contributed by atoms with Crippen LogP contribution in [0.3, 0.4) is 0 Å². The molecular weight excluding hydrogens is 230 g/mol. The number of nitrogens with one attached hydrogen (secondary N) is 1.